The van der Waals surface area contributed by atoms with Crippen LogP contribution in [0.2, 0.25) is 0 Å². The van der Waals surface area contributed by atoms with E-state index >= 15 is 0 Å². The van der Waals surface area contributed by atoms with Crippen LogP contribution in [0.3, 0.4) is 0 Å². The van der Waals surface area contributed by atoms with Crippen molar-refractivity contribution in [3.8, 4) is 0 Å². The Morgan fingerprint density at radius 3 is 1.54 bits per heavy atom. The van der Waals surface area contributed by atoms with Crippen molar-refractivity contribution in [2.45, 2.75) is 129 Å². The molecule has 28 heavy (non-hydrogen) atoms. The first-order valence-electron chi connectivity index (χ1n) is 12.1. The van der Waals surface area contributed by atoms with E-state index in [1.165, 1.54) is 89.9 Å². The maximum absolute atomic E-state index is 11.3. The normalized spacial score (nSPS) is 11.9. The number of rotatable bonds is 22. The van der Waals surface area contributed by atoms with Crippen LogP contribution in [0.15, 0.2) is 0 Å². The third kappa shape index (κ3) is 23.3. The molecule has 0 amide bonds. The van der Waals surface area contributed by atoms with Crippen LogP contribution >= 0.6 is 0 Å². The van der Waals surface area contributed by atoms with E-state index in [0.717, 1.165) is 38.8 Å². The second-order valence-corrected chi connectivity index (χ2v) is 8.29. The summed E-state index contributed by atoms with van der Waals surface area (Å²) in [6.45, 7) is 6.32. The zero-order chi connectivity index (χ0) is 20.0. The SMILES string of the molecule is CCCCCCCCCCCCNCCC(CCCCCCCC)C(=O)[O-].[K+]. The van der Waals surface area contributed by atoms with Gasteiger partial charge in [0, 0.05) is 5.97 Å². The number of aliphatic carboxylic acids is 1. The minimum Gasteiger partial charge on any atom is -0.550 e. The summed E-state index contributed by atoms with van der Waals surface area (Å²) in [4.78, 5) is 11.3. The first kappa shape index (κ1) is 31.3. The standard InChI is InChI=1S/C24H49NO2.K/c1-3-5-7-9-11-12-13-14-16-18-21-25-22-20-23(24(26)27)19-17-15-10-8-6-4-2;/h23,25H,3-22H2,1-2H3,(H,26,27);/q;+1/p-1. The molecule has 0 fully saturated rings. The van der Waals surface area contributed by atoms with Gasteiger partial charge < -0.3 is 15.2 Å². The second-order valence-electron chi connectivity index (χ2n) is 8.29. The number of carbonyl (C=O) groups excluding carboxylic acids is 1. The number of unbranched alkanes of at least 4 members (excludes halogenated alkanes) is 14. The molecule has 0 heterocycles. The Kier molecular flexibility index (Phi) is 29.1. The van der Waals surface area contributed by atoms with Crippen LogP contribution in [0.4, 0.5) is 0 Å². The molecule has 162 valence electrons. The van der Waals surface area contributed by atoms with Crippen molar-refractivity contribution in [3.05, 3.63) is 0 Å². The summed E-state index contributed by atoms with van der Waals surface area (Å²) < 4.78 is 0. The Morgan fingerprint density at radius 2 is 1.07 bits per heavy atom. The number of carboxylic acids is 1. The molecule has 0 rings (SSSR count). The molecule has 0 aromatic carbocycles. The van der Waals surface area contributed by atoms with E-state index in [1.54, 1.807) is 0 Å². The van der Waals surface area contributed by atoms with Gasteiger partial charge in [0.25, 0.3) is 0 Å². The summed E-state index contributed by atoms with van der Waals surface area (Å²) in [5.74, 6) is -1.12. The van der Waals surface area contributed by atoms with Crippen molar-refractivity contribution in [2.75, 3.05) is 13.1 Å². The Labute approximate surface area is 219 Å². The Hall–Kier alpha value is 1.07. The van der Waals surface area contributed by atoms with E-state index in [2.05, 4.69) is 19.2 Å². The van der Waals surface area contributed by atoms with Crippen molar-refractivity contribution >= 4 is 5.97 Å². The molecule has 0 aliphatic carbocycles. The van der Waals surface area contributed by atoms with Crippen molar-refractivity contribution in [2.24, 2.45) is 5.92 Å². The molecule has 1 atom stereocenters. The van der Waals surface area contributed by atoms with Crippen LogP contribution in [0, 0.1) is 5.92 Å². The summed E-state index contributed by atoms with van der Waals surface area (Å²) in [7, 11) is 0. The van der Waals surface area contributed by atoms with E-state index in [4.69, 9.17) is 0 Å². The quantitative estimate of drug-likeness (QED) is 0.216. The molecular weight excluding hydrogens is 373 g/mol. The Bertz CT molecular complexity index is 313. The number of carbonyl (C=O) groups is 1. The van der Waals surface area contributed by atoms with Crippen LogP contribution in [0.25, 0.3) is 0 Å². The fourth-order valence-electron chi connectivity index (χ4n) is 3.69. The molecule has 0 spiro atoms. The molecule has 0 radical (unpaired) electrons. The zero-order valence-corrected chi connectivity index (χ0v) is 22.7. The molecule has 0 saturated heterocycles. The Morgan fingerprint density at radius 1 is 0.643 bits per heavy atom. The average molecular weight is 422 g/mol. The van der Waals surface area contributed by atoms with Crippen molar-refractivity contribution < 1.29 is 61.3 Å². The molecule has 1 unspecified atom stereocenters. The molecule has 0 saturated carbocycles. The van der Waals surface area contributed by atoms with E-state index in [-0.39, 0.29) is 57.3 Å². The predicted molar refractivity (Wildman–Crippen MR) is 116 cm³/mol. The maximum Gasteiger partial charge on any atom is 1.00 e. The van der Waals surface area contributed by atoms with Gasteiger partial charge in [-0.2, -0.15) is 0 Å². The smallest absolute Gasteiger partial charge is 0.550 e. The average Bonchev–Trinajstić information content (AvgIpc) is 2.66. The molecular formula is C24H48KNO2. The molecule has 0 aliphatic heterocycles. The monoisotopic (exact) mass is 421 g/mol. The van der Waals surface area contributed by atoms with Gasteiger partial charge in [0.05, 0.1) is 0 Å². The van der Waals surface area contributed by atoms with E-state index < -0.39 is 5.97 Å². The largest absolute Gasteiger partial charge is 1.00 e. The first-order valence-corrected chi connectivity index (χ1v) is 12.1. The Balaban J connectivity index is 0. The summed E-state index contributed by atoms with van der Waals surface area (Å²) in [5, 5.41) is 14.7. The fourth-order valence-corrected chi connectivity index (χ4v) is 3.69. The number of hydrogen-bond donors (Lipinski definition) is 1. The molecule has 3 nitrogen and oxygen atoms in total. The van der Waals surface area contributed by atoms with Gasteiger partial charge >= 0.3 is 51.4 Å². The maximum atomic E-state index is 11.3. The van der Waals surface area contributed by atoms with Crippen LogP contribution in [0.5, 0.6) is 0 Å². The number of nitrogens with one attached hydrogen (secondary N) is 1. The van der Waals surface area contributed by atoms with Crippen LogP contribution in [-0.2, 0) is 4.79 Å². The van der Waals surface area contributed by atoms with Crippen molar-refractivity contribution in [1.82, 2.24) is 5.32 Å². The first-order chi connectivity index (χ1) is 13.2. The predicted octanol–water partition coefficient (Wildman–Crippen LogP) is 3.01. The van der Waals surface area contributed by atoms with E-state index in [0.29, 0.717) is 0 Å². The number of carboxylic acid groups (broad SMARTS) is 1. The second kappa shape index (κ2) is 26.1. The topological polar surface area (TPSA) is 52.2 Å². The van der Waals surface area contributed by atoms with Gasteiger partial charge in [0.1, 0.15) is 0 Å². The summed E-state index contributed by atoms with van der Waals surface area (Å²) >= 11 is 0. The number of hydrogen-bond acceptors (Lipinski definition) is 3. The molecule has 1 N–H and O–H groups in total. The van der Waals surface area contributed by atoms with Crippen LogP contribution < -0.4 is 61.8 Å². The van der Waals surface area contributed by atoms with E-state index in [1.807, 2.05) is 0 Å². The third-order valence-corrected chi connectivity index (χ3v) is 5.62. The van der Waals surface area contributed by atoms with Gasteiger partial charge in [-0.1, -0.05) is 110 Å². The molecule has 4 heteroatoms. The molecule has 0 bridgehead atoms. The minimum atomic E-state index is -0.857. The van der Waals surface area contributed by atoms with Crippen molar-refractivity contribution in [1.29, 1.82) is 0 Å². The van der Waals surface area contributed by atoms with Gasteiger partial charge in [-0.05, 0) is 38.3 Å². The van der Waals surface area contributed by atoms with Crippen LogP contribution in [-0.4, -0.2) is 19.1 Å². The van der Waals surface area contributed by atoms with Gasteiger partial charge in [-0.25, -0.2) is 0 Å². The van der Waals surface area contributed by atoms with Crippen LogP contribution in [0.1, 0.15) is 129 Å². The van der Waals surface area contributed by atoms with Gasteiger partial charge in [-0.15, -0.1) is 0 Å². The zero-order valence-electron chi connectivity index (χ0n) is 19.5. The van der Waals surface area contributed by atoms with Crippen molar-refractivity contribution in [3.63, 3.8) is 0 Å². The minimum absolute atomic E-state index is 0. The summed E-state index contributed by atoms with van der Waals surface area (Å²) in [6, 6.07) is 0. The fraction of sp³-hybridized carbons (Fsp3) is 0.958. The third-order valence-electron chi connectivity index (χ3n) is 5.62. The molecule has 0 aromatic rings. The summed E-state index contributed by atoms with van der Waals surface area (Å²) in [6.07, 6.45) is 22.3. The molecule has 0 aliphatic rings. The molecule has 0 aromatic heterocycles. The van der Waals surface area contributed by atoms with Gasteiger partial charge in [0.2, 0.25) is 0 Å². The van der Waals surface area contributed by atoms with Gasteiger partial charge in [0.15, 0.2) is 0 Å². The van der Waals surface area contributed by atoms with E-state index in [9.17, 15) is 9.90 Å². The summed E-state index contributed by atoms with van der Waals surface area (Å²) in [5.41, 5.74) is 0. The van der Waals surface area contributed by atoms with Gasteiger partial charge in [-0.3, -0.25) is 0 Å².